The molecule has 0 saturated heterocycles. The van der Waals surface area contributed by atoms with Crippen LogP contribution >= 0.6 is 15.9 Å². The van der Waals surface area contributed by atoms with Crippen molar-refractivity contribution in [2.75, 3.05) is 6.54 Å². The summed E-state index contributed by atoms with van der Waals surface area (Å²) in [6.07, 6.45) is -0.796. The third-order valence-electron chi connectivity index (χ3n) is 3.93. The standard InChI is InChI=1S/C20H15BrF3N/c1-13-17(21)11-16(14-7-3-2-4-8-14)20(25(13)12-19(23)24)15-9-5-6-10-18(15)22/h2-11,19H,1,12H2. The van der Waals surface area contributed by atoms with Crippen molar-refractivity contribution in [3.8, 4) is 0 Å². The number of nitrogens with zero attached hydrogens (tertiary/aromatic N) is 1. The van der Waals surface area contributed by atoms with Gasteiger partial charge in [-0.25, -0.2) is 13.2 Å². The van der Waals surface area contributed by atoms with Gasteiger partial charge in [-0.3, -0.25) is 0 Å². The fourth-order valence-electron chi connectivity index (χ4n) is 2.81. The Kier molecular flexibility index (Phi) is 5.13. The molecule has 0 aliphatic carbocycles. The molecule has 3 rings (SSSR count). The van der Waals surface area contributed by atoms with Crippen LogP contribution in [0.3, 0.4) is 0 Å². The maximum atomic E-state index is 14.5. The molecule has 1 aliphatic heterocycles. The van der Waals surface area contributed by atoms with Gasteiger partial charge >= 0.3 is 0 Å². The summed E-state index contributed by atoms with van der Waals surface area (Å²) in [6, 6.07) is 15.5. The molecule has 1 aliphatic rings. The topological polar surface area (TPSA) is 3.24 Å². The van der Waals surface area contributed by atoms with Gasteiger partial charge in [-0.05, 0) is 39.7 Å². The first kappa shape index (κ1) is 17.5. The van der Waals surface area contributed by atoms with E-state index in [2.05, 4.69) is 22.5 Å². The molecule has 0 bridgehead atoms. The molecule has 0 aromatic heterocycles. The Labute approximate surface area is 152 Å². The summed E-state index contributed by atoms with van der Waals surface area (Å²) in [5.41, 5.74) is 2.49. The van der Waals surface area contributed by atoms with Crippen molar-refractivity contribution >= 4 is 27.2 Å². The number of hydrogen-bond acceptors (Lipinski definition) is 1. The van der Waals surface area contributed by atoms with Gasteiger partial charge < -0.3 is 4.90 Å². The van der Waals surface area contributed by atoms with E-state index in [1.807, 2.05) is 30.3 Å². The summed E-state index contributed by atoms with van der Waals surface area (Å²) in [5.74, 6) is -0.468. The minimum absolute atomic E-state index is 0.263. The number of allylic oxidation sites excluding steroid dienone is 3. The smallest absolute Gasteiger partial charge is 0.256 e. The van der Waals surface area contributed by atoms with Crippen LogP contribution in [0, 0.1) is 5.82 Å². The number of hydrogen-bond donors (Lipinski definition) is 0. The minimum atomic E-state index is -2.59. The molecule has 0 atom stereocenters. The molecule has 0 unspecified atom stereocenters. The fraction of sp³-hybridized carbons (Fsp3) is 0.100. The molecule has 0 saturated carbocycles. The molecule has 2 aromatic carbocycles. The molecular formula is C20H15BrF3N. The first-order chi connectivity index (χ1) is 12.0. The van der Waals surface area contributed by atoms with Gasteiger partial charge in [-0.1, -0.05) is 49.0 Å². The Morgan fingerprint density at radius 2 is 1.64 bits per heavy atom. The van der Waals surface area contributed by atoms with Gasteiger partial charge in [-0.2, -0.15) is 0 Å². The van der Waals surface area contributed by atoms with Crippen LogP contribution in [-0.2, 0) is 0 Å². The van der Waals surface area contributed by atoms with E-state index in [4.69, 9.17) is 0 Å². The maximum Gasteiger partial charge on any atom is 0.256 e. The summed E-state index contributed by atoms with van der Waals surface area (Å²) in [7, 11) is 0. The third kappa shape index (κ3) is 3.56. The lowest BCUT2D eigenvalue weighted by molar-refractivity contribution is 0.123. The highest BCUT2D eigenvalue weighted by Crippen LogP contribution is 2.41. The van der Waals surface area contributed by atoms with E-state index < -0.39 is 18.8 Å². The summed E-state index contributed by atoms with van der Waals surface area (Å²) in [4.78, 5) is 1.37. The zero-order valence-electron chi connectivity index (χ0n) is 13.2. The lowest BCUT2D eigenvalue weighted by Crippen LogP contribution is -2.30. The molecule has 0 spiro atoms. The molecule has 1 nitrogen and oxygen atoms in total. The lowest BCUT2D eigenvalue weighted by atomic mass is 9.94. The van der Waals surface area contributed by atoms with Gasteiger partial charge in [0.1, 0.15) is 5.82 Å². The molecule has 5 heteroatoms. The monoisotopic (exact) mass is 405 g/mol. The summed E-state index contributed by atoms with van der Waals surface area (Å²) < 4.78 is 41.5. The second-order valence-corrected chi connectivity index (χ2v) is 6.40. The highest BCUT2D eigenvalue weighted by atomic mass is 79.9. The van der Waals surface area contributed by atoms with Crippen LogP contribution in [0.15, 0.2) is 77.4 Å². The van der Waals surface area contributed by atoms with Crippen molar-refractivity contribution in [3.63, 3.8) is 0 Å². The summed E-state index contributed by atoms with van der Waals surface area (Å²) in [6.45, 7) is 3.32. The predicted octanol–water partition coefficient (Wildman–Crippen LogP) is 6.07. The Bertz CT molecular complexity index is 856. The second kappa shape index (κ2) is 7.31. The predicted molar refractivity (Wildman–Crippen MR) is 98.5 cm³/mol. The molecule has 0 amide bonds. The van der Waals surface area contributed by atoms with Crippen LogP contribution in [0.2, 0.25) is 0 Å². The second-order valence-electron chi connectivity index (χ2n) is 5.55. The van der Waals surface area contributed by atoms with Crippen LogP contribution in [0.25, 0.3) is 11.3 Å². The van der Waals surface area contributed by atoms with Crippen molar-refractivity contribution in [2.45, 2.75) is 6.43 Å². The largest absolute Gasteiger partial charge is 0.334 e. The van der Waals surface area contributed by atoms with Crippen molar-refractivity contribution < 1.29 is 13.2 Å². The van der Waals surface area contributed by atoms with E-state index in [1.165, 1.54) is 11.0 Å². The molecule has 1 heterocycles. The molecular weight excluding hydrogens is 391 g/mol. The molecule has 0 fully saturated rings. The number of alkyl halides is 2. The van der Waals surface area contributed by atoms with Crippen molar-refractivity contribution in [1.29, 1.82) is 0 Å². The van der Waals surface area contributed by atoms with Crippen LogP contribution in [0.1, 0.15) is 11.1 Å². The van der Waals surface area contributed by atoms with E-state index in [-0.39, 0.29) is 5.56 Å². The van der Waals surface area contributed by atoms with Crippen LogP contribution < -0.4 is 0 Å². The van der Waals surface area contributed by atoms with Crippen LogP contribution in [0.5, 0.6) is 0 Å². The Balaban J connectivity index is 2.30. The fourth-order valence-corrected chi connectivity index (χ4v) is 3.25. The quantitative estimate of drug-likeness (QED) is 0.596. The minimum Gasteiger partial charge on any atom is -0.334 e. The first-order valence-electron chi connectivity index (χ1n) is 7.66. The summed E-state index contributed by atoms with van der Waals surface area (Å²) in [5, 5.41) is 0. The number of rotatable bonds is 4. The van der Waals surface area contributed by atoms with E-state index in [1.54, 1.807) is 24.3 Å². The highest BCUT2D eigenvalue weighted by molar-refractivity contribution is 9.12. The van der Waals surface area contributed by atoms with Crippen molar-refractivity contribution in [2.24, 2.45) is 0 Å². The zero-order valence-corrected chi connectivity index (χ0v) is 14.8. The third-order valence-corrected chi connectivity index (χ3v) is 4.62. The molecule has 2 aromatic rings. The van der Waals surface area contributed by atoms with E-state index in [9.17, 15) is 13.2 Å². The van der Waals surface area contributed by atoms with Gasteiger partial charge in [0.2, 0.25) is 0 Å². The van der Waals surface area contributed by atoms with Gasteiger partial charge in [-0.15, -0.1) is 0 Å². The van der Waals surface area contributed by atoms with Gasteiger partial charge in [0.15, 0.2) is 0 Å². The maximum absolute atomic E-state index is 14.5. The van der Waals surface area contributed by atoms with E-state index in [0.29, 0.717) is 21.4 Å². The molecule has 0 radical (unpaired) electrons. The summed E-state index contributed by atoms with van der Waals surface area (Å²) >= 11 is 3.39. The Morgan fingerprint density at radius 1 is 1.00 bits per heavy atom. The van der Waals surface area contributed by atoms with Crippen LogP contribution in [0.4, 0.5) is 13.2 Å². The lowest BCUT2D eigenvalue weighted by Gasteiger charge is -2.34. The zero-order chi connectivity index (χ0) is 18.0. The Hall–Kier alpha value is -2.27. The Morgan fingerprint density at radius 3 is 2.28 bits per heavy atom. The average molecular weight is 406 g/mol. The molecule has 128 valence electrons. The van der Waals surface area contributed by atoms with Gasteiger partial charge in [0, 0.05) is 21.3 Å². The molecule has 0 N–H and O–H groups in total. The normalized spacial score (nSPS) is 15.0. The van der Waals surface area contributed by atoms with Gasteiger partial charge in [0.25, 0.3) is 6.43 Å². The SMILES string of the molecule is C=C1C(Br)=CC(c2ccccc2)=C(c2ccccc2F)N1CC(F)F. The highest BCUT2D eigenvalue weighted by Gasteiger charge is 2.28. The van der Waals surface area contributed by atoms with E-state index >= 15 is 0 Å². The van der Waals surface area contributed by atoms with E-state index in [0.717, 1.165) is 5.56 Å². The number of benzene rings is 2. The van der Waals surface area contributed by atoms with Crippen LogP contribution in [-0.4, -0.2) is 17.9 Å². The number of halogens is 4. The molecule has 25 heavy (non-hydrogen) atoms. The first-order valence-corrected chi connectivity index (χ1v) is 8.45. The van der Waals surface area contributed by atoms with Gasteiger partial charge in [0.05, 0.1) is 12.2 Å². The van der Waals surface area contributed by atoms with Crippen molar-refractivity contribution in [1.82, 2.24) is 4.90 Å². The van der Waals surface area contributed by atoms with Crippen molar-refractivity contribution in [3.05, 3.63) is 94.4 Å². The average Bonchev–Trinajstić information content (AvgIpc) is 2.60.